The number of likely N-dealkylation sites (tertiary alicyclic amines) is 1. The standard InChI is InChI=1S/C26H35N3O5S/c1-33-23-10-8-21(9-11-23)25(28-12-3-2-4-13-28)19-27-20-26(30)22-6-5-7-24(18-22)35(31,32)29-14-16-34-17-15-29/h5-11,18,25,27H,2-4,12-17,19-20H2,1H3. The molecule has 0 bridgehead atoms. The van der Waals surface area contributed by atoms with E-state index in [0.717, 1.165) is 18.8 Å². The highest BCUT2D eigenvalue weighted by atomic mass is 32.2. The Hall–Kier alpha value is -2.30. The quantitative estimate of drug-likeness (QED) is 0.501. The van der Waals surface area contributed by atoms with Gasteiger partial charge in [0.05, 0.1) is 31.8 Å². The second-order valence-corrected chi connectivity index (χ2v) is 10.9. The van der Waals surface area contributed by atoms with Gasteiger partial charge in [-0.2, -0.15) is 4.31 Å². The van der Waals surface area contributed by atoms with Crippen LogP contribution < -0.4 is 10.1 Å². The van der Waals surface area contributed by atoms with Gasteiger partial charge in [-0.15, -0.1) is 0 Å². The molecule has 0 amide bonds. The lowest BCUT2D eigenvalue weighted by Gasteiger charge is -2.35. The maximum Gasteiger partial charge on any atom is 0.243 e. The van der Waals surface area contributed by atoms with E-state index in [1.807, 2.05) is 12.1 Å². The average molecular weight is 502 g/mol. The molecule has 35 heavy (non-hydrogen) atoms. The summed E-state index contributed by atoms with van der Waals surface area (Å²) in [6.07, 6.45) is 3.60. The first kappa shape index (κ1) is 25.8. The Labute approximate surface area is 208 Å². The Bertz CT molecular complexity index is 1080. The van der Waals surface area contributed by atoms with Crippen molar-refractivity contribution in [1.82, 2.24) is 14.5 Å². The average Bonchev–Trinajstić information content (AvgIpc) is 2.92. The number of rotatable bonds is 10. The normalized spacial score (nSPS) is 18.8. The molecule has 0 spiro atoms. The van der Waals surface area contributed by atoms with E-state index in [9.17, 15) is 13.2 Å². The predicted molar refractivity (Wildman–Crippen MR) is 134 cm³/mol. The van der Waals surface area contributed by atoms with Crippen LogP contribution in [0.3, 0.4) is 0 Å². The second kappa shape index (κ2) is 12.1. The largest absolute Gasteiger partial charge is 0.497 e. The van der Waals surface area contributed by atoms with E-state index in [1.165, 1.54) is 35.2 Å². The molecule has 0 radical (unpaired) electrons. The fourth-order valence-electron chi connectivity index (χ4n) is 4.70. The number of hydrogen-bond donors (Lipinski definition) is 1. The second-order valence-electron chi connectivity index (χ2n) is 8.98. The molecule has 0 saturated carbocycles. The molecule has 2 heterocycles. The molecular weight excluding hydrogens is 466 g/mol. The van der Waals surface area contributed by atoms with Crippen LogP contribution in [0.5, 0.6) is 5.75 Å². The molecule has 2 aromatic rings. The third-order valence-electron chi connectivity index (χ3n) is 6.72. The van der Waals surface area contributed by atoms with E-state index in [2.05, 4.69) is 22.3 Å². The molecule has 1 atom stereocenters. The zero-order valence-corrected chi connectivity index (χ0v) is 21.1. The van der Waals surface area contributed by atoms with Crippen molar-refractivity contribution in [1.29, 1.82) is 0 Å². The zero-order chi connectivity index (χ0) is 24.7. The van der Waals surface area contributed by atoms with Gasteiger partial charge in [-0.1, -0.05) is 30.7 Å². The van der Waals surface area contributed by atoms with Gasteiger partial charge in [0.1, 0.15) is 5.75 Å². The van der Waals surface area contributed by atoms with Crippen LogP contribution in [0.2, 0.25) is 0 Å². The number of ketones is 1. The molecule has 2 fully saturated rings. The summed E-state index contributed by atoms with van der Waals surface area (Å²) >= 11 is 0. The van der Waals surface area contributed by atoms with Crippen molar-refractivity contribution in [2.24, 2.45) is 0 Å². The SMILES string of the molecule is COc1ccc(C(CNCC(=O)c2cccc(S(=O)(=O)N3CCOCC3)c2)N2CCCCC2)cc1. The van der Waals surface area contributed by atoms with Crippen LogP contribution in [-0.4, -0.2) is 83.0 Å². The molecule has 2 aromatic carbocycles. The summed E-state index contributed by atoms with van der Waals surface area (Å²) in [5.74, 6) is 0.692. The molecule has 0 aliphatic carbocycles. The molecule has 2 saturated heterocycles. The van der Waals surface area contributed by atoms with Crippen molar-refractivity contribution >= 4 is 15.8 Å². The third kappa shape index (κ3) is 6.48. The molecule has 8 nitrogen and oxygen atoms in total. The smallest absolute Gasteiger partial charge is 0.243 e. The monoisotopic (exact) mass is 501 g/mol. The predicted octanol–water partition coefficient (Wildman–Crippen LogP) is 2.72. The number of methoxy groups -OCH3 is 1. The van der Waals surface area contributed by atoms with E-state index >= 15 is 0 Å². The van der Waals surface area contributed by atoms with Gasteiger partial charge in [0.2, 0.25) is 10.0 Å². The first-order valence-electron chi connectivity index (χ1n) is 12.3. The zero-order valence-electron chi connectivity index (χ0n) is 20.3. The van der Waals surface area contributed by atoms with Crippen molar-refractivity contribution in [3.05, 3.63) is 59.7 Å². The molecule has 1 unspecified atom stereocenters. The van der Waals surface area contributed by atoms with E-state index < -0.39 is 10.0 Å². The number of hydrogen-bond acceptors (Lipinski definition) is 7. The summed E-state index contributed by atoms with van der Waals surface area (Å²) < 4.78 is 37.9. The van der Waals surface area contributed by atoms with Gasteiger partial charge in [-0.25, -0.2) is 8.42 Å². The maximum atomic E-state index is 13.0. The minimum absolute atomic E-state index is 0.129. The fourth-order valence-corrected chi connectivity index (χ4v) is 6.16. The van der Waals surface area contributed by atoms with Gasteiger partial charge in [-0.05, 0) is 55.8 Å². The lowest BCUT2D eigenvalue weighted by atomic mass is 10.0. The van der Waals surface area contributed by atoms with Gasteiger partial charge in [-0.3, -0.25) is 9.69 Å². The van der Waals surface area contributed by atoms with Crippen molar-refractivity contribution < 1.29 is 22.7 Å². The molecule has 0 aromatic heterocycles. The summed E-state index contributed by atoms with van der Waals surface area (Å²) in [6.45, 7) is 4.26. The molecule has 9 heteroatoms. The summed E-state index contributed by atoms with van der Waals surface area (Å²) in [4.78, 5) is 15.6. The summed E-state index contributed by atoms with van der Waals surface area (Å²) in [6, 6.07) is 14.6. The Kier molecular flexibility index (Phi) is 8.91. The molecular formula is C26H35N3O5S. The minimum atomic E-state index is -3.64. The first-order valence-corrected chi connectivity index (χ1v) is 13.7. The number of carbonyl (C=O) groups excluding carboxylic acids is 1. The van der Waals surface area contributed by atoms with Crippen LogP contribution in [0, 0.1) is 0 Å². The lowest BCUT2D eigenvalue weighted by Crippen LogP contribution is -2.40. The number of Topliss-reactive ketones (excluding diaryl/α,β-unsaturated/α-hetero) is 1. The third-order valence-corrected chi connectivity index (χ3v) is 8.61. The van der Waals surface area contributed by atoms with Gasteiger partial charge in [0.15, 0.2) is 5.78 Å². The highest BCUT2D eigenvalue weighted by Crippen LogP contribution is 2.26. The van der Waals surface area contributed by atoms with Gasteiger partial charge >= 0.3 is 0 Å². The maximum absolute atomic E-state index is 13.0. The van der Waals surface area contributed by atoms with Crippen molar-refractivity contribution in [3.8, 4) is 5.75 Å². The molecule has 190 valence electrons. The van der Waals surface area contributed by atoms with Crippen LogP contribution in [0.1, 0.15) is 41.2 Å². The number of nitrogens with one attached hydrogen (secondary N) is 1. The van der Waals surface area contributed by atoms with Crippen LogP contribution in [0.15, 0.2) is 53.4 Å². The van der Waals surface area contributed by atoms with Gasteiger partial charge in [0.25, 0.3) is 0 Å². The number of morpholine rings is 1. The topological polar surface area (TPSA) is 88.2 Å². The summed E-state index contributed by atoms with van der Waals surface area (Å²) in [5, 5.41) is 3.33. The summed E-state index contributed by atoms with van der Waals surface area (Å²) in [7, 11) is -1.99. The van der Waals surface area contributed by atoms with E-state index in [1.54, 1.807) is 25.3 Å². The lowest BCUT2D eigenvalue weighted by molar-refractivity contribution is 0.0730. The van der Waals surface area contributed by atoms with Crippen LogP contribution in [-0.2, 0) is 14.8 Å². The van der Waals surface area contributed by atoms with Crippen LogP contribution >= 0.6 is 0 Å². The molecule has 1 N–H and O–H groups in total. The summed E-state index contributed by atoms with van der Waals surface area (Å²) in [5.41, 5.74) is 1.58. The Balaban J connectivity index is 1.41. The van der Waals surface area contributed by atoms with E-state index in [-0.39, 0.29) is 23.3 Å². The van der Waals surface area contributed by atoms with Gasteiger partial charge < -0.3 is 14.8 Å². The molecule has 2 aliphatic heterocycles. The first-order chi connectivity index (χ1) is 17.0. The minimum Gasteiger partial charge on any atom is -0.497 e. The Morgan fingerprint density at radius 1 is 1.03 bits per heavy atom. The van der Waals surface area contributed by atoms with Crippen molar-refractivity contribution in [3.63, 3.8) is 0 Å². The van der Waals surface area contributed by atoms with E-state index in [4.69, 9.17) is 9.47 Å². The van der Waals surface area contributed by atoms with Crippen LogP contribution in [0.25, 0.3) is 0 Å². The number of carbonyl (C=O) groups is 1. The highest BCUT2D eigenvalue weighted by Gasteiger charge is 2.27. The highest BCUT2D eigenvalue weighted by molar-refractivity contribution is 7.89. The van der Waals surface area contributed by atoms with Crippen molar-refractivity contribution in [2.45, 2.75) is 30.2 Å². The number of sulfonamides is 1. The number of piperidine rings is 1. The van der Waals surface area contributed by atoms with Crippen molar-refractivity contribution in [2.75, 3.05) is 59.6 Å². The molecule has 4 rings (SSSR count). The number of ether oxygens (including phenoxy) is 2. The fraction of sp³-hybridized carbons (Fsp3) is 0.500. The number of benzene rings is 2. The van der Waals surface area contributed by atoms with Gasteiger partial charge in [0, 0.05) is 31.2 Å². The van der Waals surface area contributed by atoms with Crippen LogP contribution in [0.4, 0.5) is 0 Å². The Morgan fingerprint density at radius 3 is 2.43 bits per heavy atom. The number of nitrogens with zero attached hydrogens (tertiary/aromatic N) is 2. The van der Waals surface area contributed by atoms with E-state index in [0.29, 0.717) is 38.4 Å². The Morgan fingerprint density at radius 2 is 1.74 bits per heavy atom. The molecule has 2 aliphatic rings.